The van der Waals surface area contributed by atoms with Gasteiger partial charge in [0.1, 0.15) is 0 Å². The van der Waals surface area contributed by atoms with Gasteiger partial charge in [0.15, 0.2) is 0 Å². The molecule has 114 valence electrons. The molecule has 0 aliphatic carbocycles. The van der Waals surface area contributed by atoms with E-state index < -0.39 is 17.8 Å². The van der Waals surface area contributed by atoms with Gasteiger partial charge in [-0.2, -0.15) is 0 Å². The van der Waals surface area contributed by atoms with Crippen LogP contribution in [0.3, 0.4) is 0 Å². The van der Waals surface area contributed by atoms with E-state index in [9.17, 15) is 14.4 Å². The zero-order valence-corrected chi connectivity index (χ0v) is 12.6. The highest BCUT2D eigenvalue weighted by molar-refractivity contribution is 6.44. The van der Waals surface area contributed by atoms with Crippen molar-refractivity contribution in [3.05, 3.63) is 0 Å². The number of methoxy groups -OCH3 is 1. The van der Waals surface area contributed by atoms with Crippen LogP contribution in [0.15, 0.2) is 0 Å². The van der Waals surface area contributed by atoms with Gasteiger partial charge in [-0.25, -0.2) is 9.69 Å². The predicted octanol–water partition coefficient (Wildman–Crippen LogP) is 0.359. The Morgan fingerprint density at radius 1 is 1.15 bits per heavy atom. The van der Waals surface area contributed by atoms with Crippen LogP contribution in [0.4, 0.5) is 4.79 Å². The molecule has 1 rings (SSSR count). The number of nitrogens with zero attached hydrogens (tertiary/aromatic N) is 3. The summed E-state index contributed by atoms with van der Waals surface area (Å²) < 4.78 is 4.95. The van der Waals surface area contributed by atoms with Crippen LogP contribution in [-0.4, -0.2) is 73.1 Å². The SMILES string of the molecule is COCCCN(C)CN1C(=O)C(=O)N(CC(C)C)C1=O. The van der Waals surface area contributed by atoms with Gasteiger partial charge in [0, 0.05) is 26.8 Å². The number of rotatable bonds is 8. The second kappa shape index (κ2) is 7.35. The number of ether oxygens (including phenoxy) is 1. The van der Waals surface area contributed by atoms with Gasteiger partial charge in [0.2, 0.25) is 0 Å². The van der Waals surface area contributed by atoms with Crippen LogP contribution >= 0.6 is 0 Å². The number of carbonyl (C=O) groups excluding carboxylic acids is 3. The Bertz CT molecular complexity index is 384. The van der Waals surface area contributed by atoms with Gasteiger partial charge in [0.25, 0.3) is 0 Å². The van der Waals surface area contributed by atoms with E-state index >= 15 is 0 Å². The number of amides is 4. The van der Waals surface area contributed by atoms with Crippen molar-refractivity contribution in [3.63, 3.8) is 0 Å². The zero-order valence-electron chi connectivity index (χ0n) is 12.6. The van der Waals surface area contributed by atoms with E-state index in [0.29, 0.717) is 13.2 Å². The topological polar surface area (TPSA) is 70.2 Å². The predicted molar refractivity (Wildman–Crippen MR) is 72.8 cm³/mol. The maximum Gasteiger partial charge on any atom is 0.335 e. The lowest BCUT2D eigenvalue weighted by Crippen LogP contribution is -2.41. The van der Waals surface area contributed by atoms with Crippen LogP contribution in [0.1, 0.15) is 20.3 Å². The van der Waals surface area contributed by atoms with Gasteiger partial charge < -0.3 is 4.74 Å². The molecule has 1 saturated heterocycles. The molecule has 0 bridgehead atoms. The molecule has 0 saturated carbocycles. The summed E-state index contributed by atoms with van der Waals surface area (Å²) in [5, 5.41) is 0. The van der Waals surface area contributed by atoms with Gasteiger partial charge in [0.05, 0.1) is 6.67 Å². The molecule has 0 aromatic heterocycles. The Kier molecular flexibility index (Phi) is 6.09. The van der Waals surface area contributed by atoms with E-state index in [2.05, 4.69) is 0 Å². The highest BCUT2D eigenvalue weighted by Gasteiger charge is 2.44. The molecular formula is C13H23N3O4. The molecule has 1 heterocycles. The van der Waals surface area contributed by atoms with Crippen molar-refractivity contribution >= 4 is 17.8 Å². The second-order valence-corrected chi connectivity index (χ2v) is 5.39. The summed E-state index contributed by atoms with van der Waals surface area (Å²) in [6, 6.07) is -0.521. The molecule has 0 spiro atoms. The fourth-order valence-corrected chi connectivity index (χ4v) is 1.99. The third-order valence-electron chi connectivity index (χ3n) is 2.95. The first-order valence-electron chi connectivity index (χ1n) is 6.73. The third-order valence-corrected chi connectivity index (χ3v) is 2.95. The average molecular weight is 285 g/mol. The quantitative estimate of drug-likeness (QED) is 0.366. The first kappa shape index (κ1) is 16.6. The fraction of sp³-hybridized carbons (Fsp3) is 0.769. The summed E-state index contributed by atoms with van der Waals surface area (Å²) in [7, 11) is 3.42. The molecule has 4 amide bonds. The highest BCUT2D eigenvalue weighted by atomic mass is 16.5. The van der Waals surface area contributed by atoms with Crippen LogP contribution in [-0.2, 0) is 14.3 Å². The standard InChI is InChI=1S/C13H23N3O4/c1-10(2)8-15-11(17)12(18)16(13(15)19)9-14(3)6-5-7-20-4/h10H,5-9H2,1-4H3. The number of carbonyl (C=O) groups is 3. The minimum Gasteiger partial charge on any atom is -0.385 e. The van der Waals surface area contributed by atoms with Crippen molar-refractivity contribution < 1.29 is 19.1 Å². The number of hydrogen-bond donors (Lipinski definition) is 0. The zero-order chi connectivity index (χ0) is 15.3. The van der Waals surface area contributed by atoms with E-state index in [1.54, 1.807) is 14.2 Å². The Labute approximate surface area is 119 Å². The molecule has 7 heteroatoms. The van der Waals surface area contributed by atoms with Crippen molar-refractivity contribution in [3.8, 4) is 0 Å². The molecule has 1 aliphatic heterocycles. The highest BCUT2D eigenvalue weighted by Crippen LogP contribution is 2.14. The Balaban J connectivity index is 2.60. The van der Waals surface area contributed by atoms with E-state index in [0.717, 1.165) is 16.2 Å². The lowest BCUT2D eigenvalue weighted by atomic mass is 10.2. The van der Waals surface area contributed by atoms with Gasteiger partial charge in [-0.3, -0.25) is 19.4 Å². The average Bonchev–Trinajstić information content (AvgIpc) is 2.56. The van der Waals surface area contributed by atoms with Crippen LogP contribution in [0.5, 0.6) is 0 Å². The summed E-state index contributed by atoms with van der Waals surface area (Å²) in [4.78, 5) is 39.5. The molecule has 0 radical (unpaired) electrons. The first-order chi connectivity index (χ1) is 9.38. The summed E-state index contributed by atoms with van der Waals surface area (Å²) in [5.41, 5.74) is 0. The molecular weight excluding hydrogens is 262 g/mol. The lowest BCUT2D eigenvalue weighted by Gasteiger charge is -2.22. The molecule has 0 unspecified atom stereocenters. The van der Waals surface area contributed by atoms with Gasteiger partial charge in [-0.15, -0.1) is 0 Å². The summed E-state index contributed by atoms with van der Waals surface area (Å²) in [6.07, 6.45) is 0.798. The largest absolute Gasteiger partial charge is 0.385 e. The van der Waals surface area contributed by atoms with Gasteiger partial charge in [-0.1, -0.05) is 13.8 Å². The van der Waals surface area contributed by atoms with Gasteiger partial charge in [-0.05, 0) is 19.4 Å². The van der Waals surface area contributed by atoms with Crippen LogP contribution in [0.2, 0.25) is 0 Å². The maximum absolute atomic E-state index is 12.1. The molecule has 1 aliphatic rings. The Morgan fingerprint density at radius 2 is 1.75 bits per heavy atom. The van der Waals surface area contributed by atoms with Crippen molar-refractivity contribution in [2.75, 3.05) is 40.5 Å². The molecule has 0 N–H and O–H groups in total. The van der Waals surface area contributed by atoms with Crippen molar-refractivity contribution in [1.82, 2.24) is 14.7 Å². The fourth-order valence-electron chi connectivity index (χ4n) is 1.99. The second-order valence-electron chi connectivity index (χ2n) is 5.39. The molecule has 20 heavy (non-hydrogen) atoms. The molecule has 0 aromatic rings. The molecule has 1 fully saturated rings. The first-order valence-corrected chi connectivity index (χ1v) is 6.73. The van der Waals surface area contributed by atoms with Crippen LogP contribution in [0.25, 0.3) is 0 Å². The number of imide groups is 2. The minimum absolute atomic E-state index is 0.127. The summed E-state index contributed by atoms with van der Waals surface area (Å²) >= 11 is 0. The van der Waals surface area contributed by atoms with Crippen molar-refractivity contribution in [2.45, 2.75) is 20.3 Å². The monoisotopic (exact) mass is 285 g/mol. The molecule has 0 atom stereocenters. The van der Waals surface area contributed by atoms with Crippen molar-refractivity contribution in [2.24, 2.45) is 5.92 Å². The summed E-state index contributed by atoms with van der Waals surface area (Å²) in [5.74, 6) is -1.33. The Hall–Kier alpha value is -1.47. The van der Waals surface area contributed by atoms with E-state index in [1.807, 2.05) is 18.7 Å². The summed E-state index contributed by atoms with van der Waals surface area (Å²) in [6.45, 7) is 5.48. The van der Waals surface area contributed by atoms with Gasteiger partial charge >= 0.3 is 17.8 Å². The normalized spacial score (nSPS) is 16.2. The number of hydrogen-bond acceptors (Lipinski definition) is 5. The Morgan fingerprint density at radius 3 is 2.30 bits per heavy atom. The van der Waals surface area contributed by atoms with E-state index in [4.69, 9.17) is 4.74 Å². The minimum atomic E-state index is -0.741. The third kappa shape index (κ3) is 4.01. The van der Waals surface area contributed by atoms with Crippen LogP contribution in [0, 0.1) is 5.92 Å². The molecule has 0 aromatic carbocycles. The molecule has 7 nitrogen and oxygen atoms in total. The smallest absolute Gasteiger partial charge is 0.335 e. The van der Waals surface area contributed by atoms with E-state index in [-0.39, 0.29) is 19.1 Å². The number of urea groups is 1. The van der Waals surface area contributed by atoms with Crippen LogP contribution < -0.4 is 0 Å². The van der Waals surface area contributed by atoms with Crippen molar-refractivity contribution in [1.29, 1.82) is 0 Å². The lowest BCUT2D eigenvalue weighted by molar-refractivity contribution is -0.144. The van der Waals surface area contributed by atoms with E-state index in [1.165, 1.54) is 0 Å². The maximum atomic E-state index is 12.1.